The number of aromatic nitrogens is 1. The topological polar surface area (TPSA) is 118 Å². The van der Waals surface area contributed by atoms with E-state index in [9.17, 15) is 4.79 Å². The van der Waals surface area contributed by atoms with Crippen molar-refractivity contribution in [2.24, 2.45) is 0 Å². The lowest BCUT2D eigenvalue weighted by molar-refractivity contribution is -0.136. The molecule has 0 amide bonds. The maximum absolute atomic E-state index is 10.8. The minimum Gasteiger partial charge on any atom is -0.492 e. The number of pyridine rings is 1. The van der Waals surface area contributed by atoms with Gasteiger partial charge in [-0.2, -0.15) is 0 Å². The fourth-order valence-corrected chi connectivity index (χ4v) is 2.23. The highest BCUT2D eigenvalue weighted by Gasteiger charge is 2.13. The molecule has 0 aliphatic heterocycles. The molecule has 0 saturated heterocycles. The van der Waals surface area contributed by atoms with Gasteiger partial charge in [0.15, 0.2) is 0 Å². The van der Waals surface area contributed by atoms with Crippen molar-refractivity contribution in [2.75, 3.05) is 25.5 Å². The molecule has 0 radical (unpaired) electrons. The zero-order valence-electron chi connectivity index (χ0n) is 13.2. The van der Waals surface area contributed by atoms with E-state index < -0.39 is 5.97 Å². The Kier molecular flexibility index (Phi) is 6.53. The number of nitrogens with two attached hydrogens (primary N) is 1. The van der Waals surface area contributed by atoms with Gasteiger partial charge in [0.25, 0.3) is 0 Å². The smallest absolute Gasteiger partial charge is 0.307 e. The van der Waals surface area contributed by atoms with Crippen LogP contribution in [-0.4, -0.2) is 40.9 Å². The fraction of sp³-hybridized carbons (Fsp3) is 0.294. The number of rotatable bonds is 9. The van der Waals surface area contributed by atoms with E-state index in [1.807, 2.05) is 6.07 Å². The lowest BCUT2D eigenvalue weighted by Crippen LogP contribution is -2.29. The van der Waals surface area contributed by atoms with Crippen LogP contribution in [0.3, 0.4) is 0 Å². The van der Waals surface area contributed by atoms with Gasteiger partial charge in [0.05, 0.1) is 19.1 Å². The molecule has 128 valence electrons. The number of hydrogen-bond donors (Lipinski definition) is 4. The van der Waals surface area contributed by atoms with Crippen LogP contribution < -0.4 is 15.8 Å². The first-order chi connectivity index (χ1) is 11.6. The second kappa shape index (κ2) is 8.85. The first-order valence-corrected chi connectivity index (χ1v) is 7.57. The third kappa shape index (κ3) is 5.53. The van der Waals surface area contributed by atoms with Crippen molar-refractivity contribution in [1.29, 1.82) is 0 Å². The Bertz CT molecular complexity index is 661. The number of aliphatic hydroxyl groups excluding tert-OH is 1. The minimum absolute atomic E-state index is 0.00694. The van der Waals surface area contributed by atoms with Gasteiger partial charge in [-0.15, -0.1) is 0 Å². The van der Waals surface area contributed by atoms with Crippen LogP contribution in [0.25, 0.3) is 0 Å². The van der Waals surface area contributed by atoms with Gasteiger partial charge in [0.2, 0.25) is 0 Å². The van der Waals surface area contributed by atoms with Crippen molar-refractivity contribution in [2.45, 2.75) is 12.5 Å². The van der Waals surface area contributed by atoms with Crippen molar-refractivity contribution in [3.63, 3.8) is 0 Å². The third-order valence-electron chi connectivity index (χ3n) is 3.38. The SMILES string of the molecule is Nc1ccc(C(COc2cccc(CC(=O)O)c2)NCCO)cn1. The second-order valence-corrected chi connectivity index (χ2v) is 5.28. The summed E-state index contributed by atoms with van der Waals surface area (Å²) in [6.07, 6.45) is 1.61. The van der Waals surface area contributed by atoms with E-state index in [4.69, 9.17) is 20.7 Å². The van der Waals surface area contributed by atoms with E-state index in [0.29, 0.717) is 30.3 Å². The molecule has 1 aromatic carbocycles. The number of benzene rings is 1. The summed E-state index contributed by atoms with van der Waals surface area (Å²) in [5.74, 6) is 0.137. The number of carboxylic acids is 1. The van der Waals surface area contributed by atoms with Crippen LogP contribution in [0.1, 0.15) is 17.2 Å². The highest BCUT2D eigenvalue weighted by molar-refractivity contribution is 5.70. The van der Waals surface area contributed by atoms with Crippen molar-refractivity contribution < 1.29 is 19.7 Å². The summed E-state index contributed by atoms with van der Waals surface area (Å²) >= 11 is 0. The lowest BCUT2D eigenvalue weighted by Gasteiger charge is -2.19. The van der Waals surface area contributed by atoms with Crippen molar-refractivity contribution in [3.8, 4) is 5.75 Å². The Morgan fingerprint density at radius 1 is 1.33 bits per heavy atom. The number of carbonyl (C=O) groups is 1. The number of hydrogen-bond acceptors (Lipinski definition) is 6. The number of carboxylic acid groups (broad SMARTS) is 1. The summed E-state index contributed by atoms with van der Waals surface area (Å²) in [6.45, 7) is 0.729. The summed E-state index contributed by atoms with van der Waals surface area (Å²) in [4.78, 5) is 14.8. The first kappa shape index (κ1) is 17.7. The summed E-state index contributed by atoms with van der Waals surface area (Å²) in [6, 6.07) is 10.4. The van der Waals surface area contributed by atoms with E-state index in [0.717, 1.165) is 5.56 Å². The molecule has 1 atom stereocenters. The average molecular weight is 331 g/mol. The average Bonchev–Trinajstić information content (AvgIpc) is 2.56. The van der Waals surface area contributed by atoms with Crippen molar-refractivity contribution in [3.05, 3.63) is 53.7 Å². The first-order valence-electron chi connectivity index (χ1n) is 7.57. The minimum atomic E-state index is -0.886. The lowest BCUT2D eigenvalue weighted by atomic mass is 10.1. The van der Waals surface area contributed by atoms with E-state index >= 15 is 0 Å². The van der Waals surface area contributed by atoms with Crippen LogP contribution in [0, 0.1) is 0 Å². The van der Waals surface area contributed by atoms with Crippen LogP contribution in [0.15, 0.2) is 42.6 Å². The van der Waals surface area contributed by atoms with Gasteiger partial charge in [0.1, 0.15) is 18.2 Å². The van der Waals surface area contributed by atoms with Gasteiger partial charge in [-0.05, 0) is 29.3 Å². The zero-order valence-corrected chi connectivity index (χ0v) is 13.2. The molecule has 7 nitrogen and oxygen atoms in total. The summed E-state index contributed by atoms with van der Waals surface area (Å²) in [5.41, 5.74) is 7.16. The number of anilines is 1. The van der Waals surface area contributed by atoms with Crippen LogP contribution >= 0.6 is 0 Å². The predicted octanol–water partition coefficient (Wildman–Crippen LogP) is 0.993. The molecule has 1 heterocycles. The largest absolute Gasteiger partial charge is 0.492 e. The van der Waals surface area contributed by atoms with Crippen molar-refractivity contribution in [1.82, 2.24) is 10.3 Å². The van der Waals surface area contributed by atoms with E-state index in [1.54, 1.807) is 36.5 Å². The van der Waals surface area contributed by atoms with Crippen LogP contribution in [-0.2, 0) is 11.2 Å². The Hall–Kier alpha value is -2.64. The molecule has 0 fully saturated rings. The monoisotopic (exact) mass is 331 g/mol. The molecule has 0 aliphatic rings. The van der Waals surface area contributed by atoms with E-state index in [1.165, 1.54) is 0 Å². The third-order valence-corrected chi connectivity index (χ3v) is 3.38. The number of aliphatic carboxylic acids is 1. The predicted molar refractivity (Wildman–Crippen MR) is 89.8 cm³/mol. The van der Waals surface area contributed by atoms with Gasteiger partial charge in [-0.1, -0.05) is 18.2 Å². The van der Waals surface area contributed by atoms with Crippen LogP contribution in [0.5, 0.6) is 5.75 Å². The molecular weight excluding hydrogens is 310 g/mol. The molecule has 0 spiro atoms. The van der Waals surface area contributed by atoms with E-state index in [2.05, 4.69) is 10.3 Å². The summed E-state index contributed by atoms with van der Waals surface area (Å²) in [7, 11) is 0. The molecule has 0 bridgehead atoms. The number of nitrogens with zero attached hydrogens (tertiary/aromatic N) is 1. The second-order valence-electron chi connectivity index (χ2n) is 5.28. The summed E-state index contributed by atoms with van der Waals surface area (Å²) in [5, 5.41) is 21.0. The number of nitrogens with one attached hydrogen (secondary N) is 1. The van der Waals surface area contributed by atoms with Gasteiger partial charge in [-0.3, -0.25) is 4.79 Å². The Morgan fingerprint density at radius 3 is 2.83 bits per heavy atom. The van der Waals surface area contributed by atoms with Gasteiger partial charge < -0.3 is 26.0 Å². The zero-order chi connectivity index (χ0) is 17.4. The van der Waals surface area contributed by atoms with Gasteiger partial charge >= 0.3 is 5.97 Å². The maximum atomic E-state index is 10.8. The maximum Gasteiger partial charge on any atom is 0.307 e. The molecule has 0 aliphatic carbocycles. The van der Waals surface area contributed by atoms with Gasteiger partial charge in [0, 0.05) is 12.7 Å². The highest BCUT2D eigenvalue weighted by Crippen LogP contribution is 2.18. The molecule has 5 N–H and O–H groups in total. The standard InChI is InChI=1S/C17H21N3O4/c18-16-5-4-13(10-20-16)15(19-6-7-21)11-24-14-3-1-2-12(8-14)9-17(22)23/h1-5,8,10,15,19,21H,6-7,9,11H2,(H2,18,20)(H,22,23). The Labute approximate surface area is 140 Å². The molecular formula is C17H21N3O4. The Balaban J connectivity index is 2.04. The molecule has 0 saturated carbocycles. The normalized spacial score (nSPS) is 11.9. The quantitative estimate of drug-likeness (QED) is 0.541. The van der Waals surface area contributed by atoms with Crippen molar-refractivity contribution >= 4 is 11.8 Å². The molecule has 24 heavy (non-hydrogen) atoms. The number of ether oxygens (including phenoxy) is 1. The fourth-order valence-electron chi connectivity index (χ4n) is 2.23. The van der Waals surface area contributed by atoms with Crippen LogP contribution in [0.4, 0.5) is 5.82 Å². The summed E-state index contributed by atoms with van der Waals surface area (Å²) < 4.78 is 5.78. The Morgan fingerprint density at radius 2 is 2.17 bits per heavy atom. The molecule has 7 heteroatoms. The number of aliphatic hydroxyl groups is 1. The van der Waals surface area contributed by atoms with Crippen LogP contribution in [0.2, 0.25) is 0 Å². The highest BCUT2D eigenvalue weighted by atomic mass is 16.5. The molecule has 2 aromatic rings. The van der Waals surface area contributed by atoms with E-state index in [-0.39, 0.29) is 19.1 Å². The number of nitrogen functional groups attached to an aromatic ring is 1. The molecule has 2 rings (SSSR count). The molecule has 1 unspecified atom stereocenters. The van der Waals surface area contributed by atoms with Gasteiger partial charge in [-0.25, -0.2) is 4.98 Å². The molecule has 1 aromatic heterocycles.